The van der Waals surface area contributed by atoms with Crippen molar-refractivity contribution in [2.45, 2.75) is 19.9 Å². The molecule has 0 N–H and O–H groups in total. The summed E-state index contributed by atoms with van der Waals surface area (Å²) in [6.45, 7) is 2.40. The maximum absolute atomic E-state index is 11.5. The van der Waals surface area contributed by atoms with Crippen LogP contribution in [0.3, 0.4) is 0 Å². The summed E-state index contributed by atoms with van der Waals surface area (Å²) >= 11 is 0. The lowest BCUT2D eigenvalue weighted by atomic mass is 10.0. The van der Waals surface area contributed by atoms with Crippen LogP contribution in [0.25, 0.3) is 11.3 Å². The Morgan fingerprint density at radius 1 is 1.10 bits per heavy atom. The molecule has 21 heavy (non-hydrogen) atoms. The van der Waals surface area contributed by atoms with Crippen molar-refractivity contribution in [2.24, 2.45) is 5.16 Å². The summed E-state index contributed by atoms with van der Waals surface area (Å²) in [6.07, 6.45) is 0.193. The van der Waals surface area contributed by atoms with Crippen LogP contribution in [-0.2, 0) is 16.2 Å². The van der Waals surface area contributed by atoms with Gasteiger partial charge in [-0.05, 0) is 18.6 Å². The zero-order valence-corrected chi connectivity index (χ0v) is 11.4. The Morgan fingerprint density at radius 2 is 1.81 bits per heavy atom. The zero-order chi connectivity index (χ0) is 14.8. The maximum Gasteiger partial charge on any atom is 0.341 e. The molecule has 0 unspecified atom stereocenters. The first kappa shape index (κ1) is 13.2. The molecule has 0 atom stereocenters. The van der Waals surface area contributed by atoms with Crippen LogP contribution < -0.4 is 5.56 Å². The van der Waals surface area contributed by atoms with Gasteiger partial charge in [-0.3, -0.25) is 4.79 Å². The third kappa shape index (κ3) is 2.60. The molecule has 0 amide bonds. The van der Waals surface area contributed by atoms with Gasteiger partial charge in [0, 0.05) is 18.2 Å². The molecule has 1 aliphatic heterocycles. The molecule has 1 aliphatic rings. The highest BCUT2D eigenvalue weighted by atomic mass is 16.7. The highest BCUT2D eigenvalue weighted by Crippen LogP contribution is 2.19. The number of hydrogen-bond donors (Lipinski definition) is 0. The number of hydrogen-bond acceptors (Lipinski definition) is 5. The Bertz CT molecular complexity index is 775. The number of aryl methyl sites for hydroxylation is 1. The Kier molecular flexibility index (Phi) is 3.35. The van der Waals surface area contributed by atoms with E-state index in [2.05, 4.69) is 15.1 Å². The van der Waals surface area contributed by atoms with Crippen LogP contribution in [0.4, 0.5) is 0 Å². The SMILES string of the molecule is CCn1nc(-c2ccc(C3=NOC(=O)C3)cc2)ccc1=O. The van der Waals surface area contributed by atoms with Gasteiger partial charge >= 0.3 is 5.97 Å². The lowest BCUT2D eigenvalue weighted by molar-refractivity contribution is -0.140. The molecule has 6 heteroatoms. The Hall–Kier alpha value is -2.76. The smallest absolute Gasteiger partial charge is 0.318 e. The average molecular weight is 283 g/mol. The number of nitrogens with zero attached hydrogens (tertiary/aromatic N) is 3. The summed E-state index contributed by atoms with van der Waals surface area (Å²) in [7, 11) is 0. The fraction of sp³-hybridized carbons (Fsp3) is 0.200. The van der Waals surface area contributed by atoms with Crippen molar-refractivity contribution in [3.8, 4) is 11.3 Å². The first-order valence-electron chi connectivity index (χ1n) is 6.63. The van der Waals surface area contributed by atoms with Gasteiger partial charge in [-0.1, -0.05) is 29.4 Å². The van der Waals surface area contributed by atoms with Gasteiger partial charge in [-0.25, -0.2) is 9.48 Å². The number of carbonyl (C=O) groups is 1. The molecule has 0 bridgehead atoms. The van der Waals surface area contributed by atoms with E-state index in [0.29, 0.717) is 12.3 Å². The average Bonchev–Trinajstić information content (AvgIpc) is 2.94. The minimum atomic E-state index is -0.342. The minimum Gasteiger partial charge on any atom is -0.318 e. The summed E-state index contributed by atoms with van der Waals surface area (Å²) in [5, 5.41) is 8.03. The quantitative estimate of drug-likeness (QED) is 0.802. The van der Waals surface area contributed by atoms with Crippen molar-refractivity contribution in [3.05, 3.63) is 52.3 Å². The first-order valence-corrected chi connectivity index (χ1v) is 6.63. The number of aromatic nitrogens is 2. The standard InChI is InChI=1S/C15H13N3O3/c1-2-18-14(19)8-7-12(16-18)10-3-5-11(6-4-10)13-9-15(20)21-17-13/h3-8H,2,9H2,1H3. The molecule has 1 aromatic carbocycles. The molecule has 3 rings (SSSR count). The van der Waals surface area contributed by atoms with Gasteiger partial charge in [-0.15, -0.1) is 0 Å². The summed E-state index contributed by atoms with van der Waals surface area (Å²) in [5.74, 6) is -0.342. The Labute approximate surface area is 120 Å². The molecule has 0 spiro atoms. The topological polar surface area (TPSA) is 73.5 Å². The van der Waals surface area contributed by atoms with E-state index in [4.69, 9.17) is 0 Å². The summed E-state index contributed by atoms with van der Waals surface area (Å²) in [6, 6.07) is 10.7. The highest BCUT2D eigenvalue weighted by Gasteiger charge is 2.18. The Balaban J connectivity index is 1.91. The molecule has 0 saturated heterocycles. The Morgan fingerprint density at radius 3 is 2.43 bits per heavy atom. The lowest BCUT2D eigenvalue weighted by Gasteiger charge is -2.05. The second-order valence-corrected chi connectivity index (χ2v) is 4.63. The van der Waals surface area contributed by atoms with Crippen LogP contribution in [0.5, 0.6) is 0 Å². The van der Waals surface area contributed by atoms with Crippen molar-refractivity contribution in [2.75, 3.05) is 0 Å². The minimum absolute atomic E-state index is 0.117. The highest BCUT2D eigenvalue weighted by molar-refractivity contribution is 6.11. The molecule has 1 aromatic heterocycles. The van der Waals surface area contributed by atoms with Gasteiger partial charge in [-0.2, -0.15) is 5.10 Å². The molecule has 0 aliphatic carbocycles. The summed E-state index contributed by atoms with van der Waals surface area (Å²) in [5.41, 5.74) is 2.97. The van der Waals surface area contributed by atoms with Gasteiger partial charge in [0.25, 0.3) is 5.56 Å². The van der Waals surface area contributed by atoms with E-state index in [1.54, 1.807) is 6.07 Å². The van der Waals surface area contributed by atoms with Gasteiger partial charge < -0.3 is 4.84 Å². The molecule has 0 radical (unpaired) electrons. The predicted octanol–water partition coefficient (Wildman–Crippen LogP) is 1.58. The zero-order valence-electron chi connectivity index (χ0n) is 11.4. The monoisotopic (exact) mass is 283 g/mol. The van der Waals surface area contributed by atoms with Crippen molar-refractivity contribution < 1.29 is 9.63 Å². The van der Waals surface area contributed by atoms with Crippen LogP contribution in [0.1, 0.15) is 18.9 Å². The van der Waals surface area contributed by atoms with Crippen molar-refractivity contribution in [3.63, 3.8) is 0 Å². The molecule has 106 valence electrons. The number of rotatable bonds is 3. The van der Waals surface area contributed by atoms with Gasteiger partial charge in [0.15, 0.2) is 0 Å². The second kappa shape index (κ2) is 5.32. The third-order valence-corrected chi connectivity index (χ3v) is 3.25. The normalized spacial score (nSPS) is 14.0. The van der Waals surface area contributed by atoms with E-state index in [-0.39, 0.29) is 17.9 Å². The predicted molar refractivity (Wildman–Crippen MR) is 76.9 cm³/mol. The fourth-order valence-electron chi connectivity index (χ4n) is 2.12. The van der Waals surface area contributed by atoms with Crippen molar-refractivity contribution in [1.29, 1.82) is 0 Å². The number of oxime groups is 1. The van der Waals surface area contributed by atoms with Crippen LogP contribution in [0.2, 0.25) is 0 Å². The van der Waals surface area contributed by atoms with Gasteiger partial charge in [0.05, 0.1) is 17.8 Å². The number of carbonyl (C=O) groups excluding carboxylic acids is 1. The second-order valence-electron chi connectivity index (χ2n) is 4.63. The van der Waals surface area contributed by atoms with E-state index < -0.39 is 0 Å². The summed E-state index contributed by atoms with van der Waals surface area (Å²) in [4.78, 5) is 27.1. The molecule has 2 heterocycles. The largest absolute Gasteiger partial charge is 0.341 e. The van der Waals surface area contributed by atoms with E-state index >= 15 is 0 Å². The third-order valence-electron chi connectivity index (χ3n) is 3.25. The van der Waals surface area contributed by atoms with Gasteiger partial charge in [0.2, 0.25) is 0 Å². The van der Waals surface area contributed by atoms with Crippen LogP contribution in [0, 0.1) is 0 Å². The van der Waals surface area contributed by atoms with Crippen LogP contribution >= 0.6 is 0 Å². The summed E-state index contributed by atoms with van der Waals surface area (Å²) < 4.78 is 1.41. The maximum atomic E-state index is 11.5. The van der Waals surface area contributed by atoms with Gasteiger partial charge in [0.1, 0.15) is 0 Å². The lowest BCUT2D eigenvalue weighted by Crippen LogP contribution is -2.20. The fourth-order valence-corrected chi connectivity index (χ4v) is 2.12. The van der Waals surface area contributed by atoms with E-state index in [1.807, 2.05) is 31.2 Å². The number of benzene rings is 1. The molecular formula is C15H13N3O3. The van der Waals surface area contributed by atoms with Crippen molar-refractivity contribution in [1.82, 2.24) is 9.78 Å². The van der Waals surface area contributed by atoms with Crippen LogP contribution in [-0.4, -0.2) is 21.5 Å². The van der Waals surface area contributed by atoms with E-state index in [1.165, 1.54) is 10.7 Å². The van der Waals surface area contributed by atoms with E-state index in [9.17, 15) is 9.59 Å². The molecule has 6 nitrogen and oxygen atoms in total. The van der Waals surface area contributed by atoms with Crippen molar-refractivity contribution >= 4 is 11.7 Å². The van der Waals surface area contributed by atoms with E-state index in [0.717, 1.165) is 16.8 Å². The molecule has 0 saturated carbocycles. The van der Waals surface area contributed by atoms with Crippen LogP contribution in [0.15, 0.2) is 46.3 Å². The first-order chi connectivity index (χ1) is 10.2. The molecule has 0 fully saturated rings. The molecular weight excluding hydrogens is 270 g/mol. The molecule has 2 aromatic rings.